The van der Waals surface area contributed by atoms with Crippen molar-refractivity contribution in [1.29, 1.82) is 0 Å². The van der Waals surface area contributed by atoms with Crippen LogP contribution in [-0.2, 0) is 10.2 Å². The Hall–Kier alpha value is -0.170. The van der Waals surface area contributed by atoms with Crippen molar-refractivity contribution in [2.24, 2.45) is 5.73 Å². The van der Waals surface area contributed by atoms with Crippen LogP contribution in [0, 0.1) is 0 Å². The average Bonchev–Trinajstić information content (AvgIpc) is 2.15. The first-order chi connectivity index (χ1) is 6.97. The highest BCUT2D eigenvalue weighted by molar-refractivity contribution is 7.87. The molecule has 0 spiro atoms. The van der Waals surface area contributed by atoms with Crippen LogP contribution in [-0.4, -0.2) is 38.4 Å². The van der Waals surface area contributed by atoms with Crippen molar-refractivity contribution >= 4 is 10.2 Å². The molecule has 3 N–H and O–H groups in total. The first-order valence-corrected chi connectivity index (χ1v) is 6.89. The monoisotopic (exact) mass is 237 g/mol. The van der Waals surface area contributed by atoms with Gasteiger partial charge >= 0.3 is 0 Å². The van der Waals surface area contributed by atoms with Crippen LogP contribution in [0.5, 0.6) is 0 Å². The van der Waals surface area contributed by atoms with Gasteiger partial charge in [-0.1, -0.05) is 13.8 Å². The van der Waals surface area contributed by atoms with Crippen molar-refractivity contribution in [2.75, 3.05) is 19.6 Å². The Morgan fingerprint density at radius 3 is 2.27 bits per heavy atom. The van der Waals surface area contributed by atoms with Gasteiger partial charge in [-0.05, 0) is 26.3 Å². The molecule has 92 valence electrons. The second-order valence-corrected chi connectivity index (χ2v) is 5.24. The number of nitrogens with zero attached hydrogens (tertiary/aromatic N) is 1. The van der Waals surface area contributed by atoms with Crippen molar-refractivity contribution in [3.63, 3.8) is 0 Å². The molecule has 0 amide bonds. The van der Waals surface area contributed by atoms with Crippen LogP contribution in [0.4, 0.5) is 0 Å². The van der Waals surface area contributed by atoms with E-state index in [9.17, 15) is 8.42 Å². The van der Waals surface area contributed by atoms with Gasteiger partial charge in [-0.15, -0.1) is 0 Å². The summed E-state index contributed by atoms with van der Waals surface area (Å²) >= 11 is 0. The molecule has 0 aliphatic carbocycles. The topological polar surface area (TPSA) is 75.4 Å². The number of hydrogen-bond donors (Lipinski definition) is 2. The molecule has 1 unspecified atom stereocenters. The number of hydrogen-bond acceptors (Lipinski definition) is 3. The molecule has 0 rings (SSSR count). The summed E-state index contributed by atoms with van der Waals surface area (Å²) < 4.78 is 27.5. The van der Waals surface area contributed by atoms with Gasteiger partial charge in [0.2, 0.25) is 0 Å². The van der Waals surface area contributed by atoms with Gasteiger partial charge in [0, 0.05) is 19.1 Å². The first kappa shape index (κ1) is 14.8. The van der Waals surface area contributed by atoms with Gasteiger partial charge in [-0.25, -0.2) is 0 Å². The SMILES string of the molecule is CCN(CC)S(=O)(=O)NC(C)CCCN. The van der Waals surface area contributed by atoms with E-state index in [1.165, 1.54) is 4.31 Å². The Kier molecular flexibility index (Phi) is 7.08. The highest BCUT2D eigenvalue weighted by Crippen LogP contribution is 2.02. The molecule has 15 heavy (non-hydrogen) atoms. The van der Waals surface area contributed by atoms with E-state index < -0.39 is 10.2 Å². The smallest absolute Gasteiger partial charge is 0.279 e. The first-order valence-electron chi connectivity index (χ1n) is 5.45. The lowest BCUT2D eigenvalue weighted by Gasteiger charge is -2.22. The maximum atomic E-state index is 11.7. The Morgan fingerprint density at radius 2 is 1.87 bits per heavy atom. The van der Waals surface area contributed by atoms with Crippen LogP contribution in [0.3, 0.4) is 0 Å². The number of nitrogens with one attached hydrogen (secondary N) is 1. The molecule has 0 aromatic heterocycles. The molecule has 0 aromatic carbocycles. The lowest BCUT2D eigenvalue weighted by atomic mass is 10.2. The summed E-state index contributed by atoms with van der Waals surface area (Å²) in [5, 5.41) is 0. The Bertz CT molecular complexity index is 250. The molecule has 0 aliphatic rings. The van der Waals surface area contributed by atoms with E-state index in [1.54, 1.807) is 0 Å². The fourth-order valence-corrected chi connectivity index (χ4v) is 2.83. The molecule has 1 atom stereocenters. The molecule has 0 aromatic rings. The summed E-state index contributed by atoms with van der Waals surface area (Å²) in [4.78, 5) is 0. The summed E-state index contributed by atoms with van der Waals surface area (Å²) in [6, 6.07) is -0.0563. The van der Waals surface area contributed by atoms with Crippen LogP contribution in [0.25, 0.3) is 0 Å². The van der Waals surface area contributed by atoms with Gasteiger partial charge in [0.1, 0.15) is 0 Å². The third-order valence-corrected chi connectivity index (χ3v) is 4.13. The lowest BCUT2D eigenvalue weighted by molar-refractivity contribution is 0.424. The second-order valence-electron chi connectivity index (χ2n) is 3.54. The lowest BCUT2D eigenvalue weighted by Crippen LogP contribution is -2.44. The Morgan fingerprint density at radius 1 is 1.33 bits per heavy atom. The minimum absolute atomic E-state index is 0.0563. The van der Waals surface area contributed by atoms with Crippen LogP contribution >= 0.6 is 0 Å². The van der Waals surface area contributed by atoms with Crippen molar-refractivity contribution in [2.45, 2.75) is 39.7 Å². The zero-order chi connectivity index (χ0) is 11.9. The van der Waals surface area contributed by atoms with E-state index in [2.05, 4.69) is 4.72 Å². The molecule has 6 heteroatoms. The van der Waals surface area contributed by atoms with Crippen molar-refractivity contribution in [3.8, 4) is 0 Å². The highest BCUT2D eigenvalue weighted by atomic mass is 32.2. The maximum absolute atomic E-state index is 11.7. The summed E-state index contributed by atoms with van der Waals surface area (Å²) in [5.41, 5.74) is 5.37. The molecule has 0 aliphatic heterocycles. The predicted molar refractivity (Wildman–Crippen MR) is 62.7 cm³/mol. The quantitative estimate of drug-likeness (QED) is 0.637. The van der Waals surface area contributed by atoms with Crippen molar-refractivity contribution in [1.82, 2.24) is 9.03 Å². The molecule has 0 saturated carbocycles. The van der Waals surface area contributed by atoms with E-state index >= 15 is 0 Å². The predicted octanol–water partition coefficient (Wildman–Crippen LogP) is 0.290. The van der Waals surface area contributed by atoms with Crippen LogP contribution in [0.2, 0.25) is 0 Å². The fourth-order valence-electron chi connectivity index (χ4n) is 1.38. The third-order valence-electron chi connectivity index (χ3n) is 2.24. The van der Waals surface area contributed by atoms with Gasteiger partial charge in [0.25, 0.3) is 10.2 Å². The van der Waals surface area contributed by atoms with E-state index in [1.807, 2.05) is 20.8 Å². The molecule has 0 radical (unpaired) electrons. The molecule has 5 nitrogen and oxygen atoms in total. The van der Waals surface area contributed by atoms with Crippen LogP contribution in [0.15, 0.2) is 0 Å². The largest absolute Gasteiger partial charge is 0.330 e. The average molecular weight is 237 g/mol. The van der Waals surface area contributed by atoms with Gasteiger partial charge in [-0.2, -0.15) is 17.4 Å². The summed E-state index contributed by atoms with van der Waals surface area (Å²) in [6.07, 6.45) is 1.61. The van der Waals surface area contributed by atoms with E-state index in [4.69, 9.17) is 5.73 Å². The molecular weight excluding hydrogens is 214 g/mol. The Labute approximate surface area is 93.2 Å². The standard InChI is InChI=1S/C9H23N3O2S/c1-4-12(5-2)15(13,14)11-9(3)7-6-8-10/h9,11H,4-8,10H2,1-3H3. The van der Waals surface area contributed by atoms with Crippen LogP contribution in [0.1, 0.15) is 33.6 Å². The number of rotatable bonds is 8. The minimum atomic E-state index is -3.31. The third kappa shape index (κ3) is 5.46. The van der Waals surface area contributed by atoms with Gasteiger partial charge in [-0.3, -0.25) is 0 Å². The maximum Gasteiger partial charge on any atom is 0.279 e. The summed E-state index contributed by atoms with van der Waals surface area (Å²) in [5.74, 6) is 0. The van der Waals surface area contributed by atoms with E-state index in [0.717, 1.165) is 12.8 Å². The van der Waals surface area contributed by atoms with Gasteiger partial charge < -0.3 is 5.73 Å². The minimum Gasteiger partial charge on any atom is -0.330 e. The van der Waals surface area contributed by atoms with Crippen LogP contribution < -0.4 is 10.5 Å². The normalized spacial score (nSPS) is 14.5. The zero-order valence-corrected chi connectivity index (χ0v) is 10.7. The molecule has 0 bridgehead atoms. The number of nitrogens with two attached hydrogens (primary N) is 1. The highest BCUT2D eigenvalue weighted by Gasteiger charge is 2.20. The van der Waals surface area contributed by atoms with E-state index in [0.29, 0.717) is 19.6 Å². The molecule has 0 fully saturated rings. The van der Waals surface area contributed by atoms with Crippen molar-refractivity contribution < 1.29 is 8.42 Å². The molecule has 0 saturated heterocycles. The van der Waals surface area contributed by atoms with Gasteiger partial charge in [0.05, 0.1) is 0 Å². The molecule has 0 heterocycles. The van der Waals surface area contributed by atoms with E-state index in [-0.39, 0.29) is 6.04 Å². The Balaban J connectivity index is 4.24. The zero-order valence-electron chi connectivity index (χ0n) is 9.86. The van der Waals surface area contributed by atoms with Crippen molar-refractivity contribution in [3.05, 3.63) is 0 Å². The summed E-state index contributed by atoms with van der Waals surface area (Å²) in [7, 11) is -3.31. The second kappa shape index (κ2) is 7.16. The van der Waals surface area contributed by atoms with Gasteiger partial charge in [0.15, 0.2) is 0 Å². The molecular formula is C9H23N3O2S. The summed E-state index contributed by atoms with van der Waals surface area (Å²) in [6.45, 7) is 7.10. The fraction of sp³-hybridized carbons (Fsp3) is 1.00.